The van der Waals surface area contributed by atoms with Crippen LogP contribution in [0.3, 0.4) is 0 Å². The molecule has 0 radical (unpaired) electrons. The summed E-state index contributed by atoms with van der Waals surface area (Å²) < 4.78 is 1.68. The molecule has 16 heavy (non-hydrogen) atoms. The van der Waals surface area contributed by atoms with Gasteiger partial charge < -0.3 is 0 Å². The largest absolute Gasteiger partial charge is 0.276 e. The number of aryl methyl sites for hydroxylation is 1. The van der Waals surface area contributed by atoms with Crippen molar-refractivity contribution in [3.63, 3.8) is 0 Å². The van der Waals surface area contributed by atoms with Crippen LogP contribution in [0.5, 0.6) is 0 Å². The Balaban J connectivity index is 2.45. The summed E-state index contributed by atoms with van der Waals surface area (Å²) in [6, 6.07) is 6.87. The van der Waals surface area contributed by atoms with E-state index in [1.807, 2.05) is 19.2 Å². The maximum Gasteiger partial charge on any atom is 0.253 e. The first-order chi connectivity index (χ1) is 7.58. The predicted molar refractivity (Wildman–Crippen MR) is 63.5 cm³/mol. The van der Waals surface area contributed by atoms with E-state index < -0.39 is 5.24 Å². The van der Waals surface area contributed by atoms with Crippen LogP contribution in [0.2, 0.25) is 5.02 Å². The Labute approximate surface area is 103 Å². The van der Waals surface area contributed by atoms with Gasteiger partial charge in [-0.15, -0.1) is 0 Å². The molecule has 3 nitrogen and oxygen atoms in total. The van der Waals surface area contributed by atoms with Gasteiger partial charge in [0.05, 0.1) is 22.0 Å². The summed E-state index contributed by atoms with van der Waals surface area (Å²) in [5, 5.41) is 4.00. The molecule has 0 saturated heterocycles. The lowest BCUT2D eigenvalue weighted by Gasteiger charge is -2.04. The smallest absolute Gasteiger partial charge is 0.253 e. The maximum atomic E-state index is 11.0. The van der Waals surface area contributed by atoms with Crippen LogP contribution in [0.4, 0.5) is 0 Å². The van der Waals surface area contributed by atoms with Crippen molar-refractivity contribution in [2.45, 2.75) is 6.92 Å². The summed E-state index contributed by atoms with van der Waals surface area (Å²) in [6.45, 7) is 1.90. The standard InChI is InChI=1S/C11H8Cl2N2O/c1-7-4-5-15(14-7)8-2-3-9(11(13)16)10(12)6-8/h2-6H,1H3. The Bertz CT molecular complexity index is 549. The van der Waals surface area contributed by atoms with Crippen molar-refractivity contribution >= 4 is 28.4 Å². The van der Waals surface area contributed by atoms with Crippen LogP contribution in [-0.2, 0) is 0 Å². The summed E-state index contributed by atoms with van der Waals surface area (Å²) in [7, 11) is 0. The number of carbonyl (C=O) groups is 1. The Morgan fingerprint density at radius 2 is 2.12 bits per heavy atom. The van der Waals surface area contributed by atoms with Crippen LogP contribution in [0, 0.1) is 6.92 Å². The van der Waals surface area contributed by atoms with Gasteiger partial charge in [-0.05, 0) is 42.8 Å². The molecule has 1 aromatic carbocycles. The molecule has 0 aliphatic rings. The zero-order chi connectivity index (χ0) is 11.7. The van der Waals surface area contributed by atoms with Crippen LogP contribution in [0.15, 0.2) is 30.5 Å². The lowest BCUT2D eigenvalue weighted by molar-refractivity contribution is 0.108. The van der Waals surface area contributed by atoms with E-state index in [9.17, 15) is 4.79 Å². The van der Waals surface area contributed by atoms with Gasteiger partial charge in [0.2, 0.25) is 0 Å². The van der Waals surface area contributed by atoms with E-state index in [-0.39, 0.29) is 0 Å². The van der Waals surface area contributed by atoms with Crippen molar-refractivity contribution in [3.05, 3.63) is 46.7 Å². The number of carbonyl (C=O) groups excluding carboxylic acids is 1. The molecule has 0 fully saturated rings. The molecular weight excluding hydrogens is 247 g/mol. The highest BCUT2D eigenvalue weighted by Gasteiger charge is 2.09. The summed E-state index contributed by atoms with van der Waals surface area (Å²) in [5.41, 5.74) is 2.00. The fraction of sp³-hybridized carbons (Fsp3) is 0.0909. The van der Waals surface area contributed by atoms with Crippen LogP contribution in [0.1, 0.15) is 16.1 Å². The lowest BCUT2D eigenvalue weighted by atomic mass is 10.2. The Morgan fingerprint density at radius 3 is 2.62 bits per heavy atom. The average Bonchev–Trinajstić information content (AvgIpc) is 2.64. The molecule has 0 amide bonds. The zero-order valence-electron chi connectivity index (χ0n) is 8.45. The number of halogens is 2. The van der Waals surface area contributed by atoms with Crippen LogP contribution in [-0.4, -0.2) is 15.0 Å². The molecule has 0 aliphatic heterocycles. The van der Waals surface area contributed by atoms with Gasteiger partial charge in [-0.2, -0.15) is 5.10 Å². The summed E-state index contributed by atoms with van der Waals surface area (Å²) >= 11 is 11.3. The quantitative estimate of drug-likeness (QED) is 0.772. The minimum absolute atomic E-state index is 0.302. The van der Waals surface area contributed by atoms with Crippen LogP contribution in [0.25, 0.3) is 5.69 Å². The first-order valence-corrected chi connectivity index (χ1v) is 5.35. The Hall–Kier alpha value is -1.32. The van der Waals surface area contributed by atoms with E-state index in [0.717, 1.165) is 11.4 Å². The minimum atomic E-state index is -0.562. The van der Waals surface area contributed by atoms with Gasteiger partial charge >= 0.3 is 0 Å². The fourth-order valence-corrected chi connectivity index (χ4v) is 1.84. The molecule has 82 valence electrons. The SMILES string of the molecule is Cc1ccn(-c2ccc(C(=O)Cl)c(Cl)c2)n1. The van der Waals surface area contributed by atoms with E-state index in [1.165, 1.54) is 0 Å². The summed E-state index contributed by atoms with van der Waals surface area (Å²) in [5.74, 6) is 0. The second-order valence-corrected chi connectivity index (χ2v) is 4.09. The van der Waals surface area contributed by atoms with Crippen molar-refractivity contribution < 1.29 is 4.79 Å². The molecule has 5 heteroatoms. The van der Waals surface area contributed by atoms with E-state index in [1.54, 1.807) is 22.9 Å². The van der Waals surface area contributed by atoms with Crippen LogP contribution >= 0.6 is 23.2 Å². The van der Waals surface area contributed by atoms with Crippen molar-refractivity contribution in [1.29, 1.82) is 0 Å². The normalized spacial score (nSPS) is 10.4. The zero-order valence-corrected chi connectivity index (χ0v) is 9.96. The molecule has 1 aromatic heterocycles. The molecule has 0 spiro atoms. The third-order valence-electron chi connectivity index (χ3n) is 2.15. The number of nitrogens with zero attached hydrogens (tertiary/aromatic N) is 2. The molecule has 0 N–H and O–H groups in total. The van der Waals surface area contributed by atoms with Crippen molar-refractivity contribution in [2.75, 3.05) is 0 Å². The minimum Gasteiger partial charge on any atom is -0.276 e. The highest BCUT2D eigenvalue weighted by atomic mass is 35.5. The van der Waals surface area contributed by atoms with Gasteiger partial charge in [0.1, 0.15) is 0 Å². The van der Waals surface area contributed by atoms with E-state index in [2.05, 4.69) is 5.10 Å². The second-order valence-electron chi connectivity index (χ2n) is 3.34. The number of benzene rings is 1. The monoisotopic (exact) mass is 254 g/mol. The molecule has 1 heterocycles. The molecule has 0 aliphatic carbocycles. The first-order valence-electron chi connectivity index (χ1n) is 4.60. The number of hydrogen-bond acceptors (Lipinski definition) is 2. The Kier molecular flexibility index (Phi) is 2.99. The van der Waals surface area contributed by atoms with E-state index >= 15 is 0 Å². The van der Waals surface area contributed by atoms with Crippen molar-refractivity contribution in [2.24, 2.45) is 0 Å². The van der Waals surface area contributed by atoms with Gasteiger partial charge in [0.15, 0.2) is 0 Å². The average molecular weight is 255 g/mol. The lowest BCUT2D eigenvalue weighted by Crippen LogP contribution is -1.97. The maximum absolute atomic E-state index is 11.0. The van der Waals surface area contributed by atoms with Gasteiger partial charge in [0.25, 0.3) is 5.24 Å². The van der Waals surface area contributed by atoms with Crippen molar-refractivity contribution in [3.8, 4) is 5.69 Å². The molecule has 2 rings (SSSR count). The van der Waals surface area contributed by atoms with Gasteiger partial charge in [0, 0.05) is 6.20 Å². The highest BCUT2D eigenvalue weighted by molar-refractivity contribution is 6.68. The molecular formula is C11H8Cl2N2O. The number of rotatable bonds is 2. The topological polar surface area (TPSA) is 34.9 Å². The third kappa shape index (κ3) is 2.10. The molecule has 0 bridgehead atoms. The van der Waals surface area contributed by atoms with Gasteiger partial charge in [-0.25, -0.2) is 4.68 Å². The second kappa shape index (κ2) is 4.28. The summed E-state index contributed by atoms with van der Waals surface area (Å²) in [6.07, 6.45) is 1.82. The Morgan fingerprint density at radius 1 is 1.38 bits per heavy atom. The molecule has 2 aromatic rings. The van der Waals surface area contributed by atoms with Crippen LogP contribution < -0.4 is 0 Å². The van der Waals surface area contributed by atoms with Gasteiger partial charge in [-0.3, -0.25) is 4.79 Å². The molecule has 0 atom stereocenters. The van der Waals surface area contributed by atoms with E-state index in [0.29, 0.717) is 10.6 Å². The summed E-state index contributed by atoms with van der Waals surface area (Å²) in [4.78, 5) is 11.0. The first kappa shape index (κ1) is 11.2. The highest BCUT2D eigenvalue weighted by Crippen LogP contribution is 2.21. The number of aromatic nitrogens is 2. The molecule has 0 saturated carbocycles. The number of hydrogen-bond donors (Lipinski definition) is 0. The van der Waals surface area contributed by atoms with Crippen molar-refractivity contribution in [1.82, 2.24) is 9.78 Å². The molecule has 0 unspecified atom stereocenters. The van der Waals surface area contributed by atoms with E-state index in [4.69, 9.17) is 23.2 Å². The third-order valence-corrected chi connectivity index (χ3v) is 2.67. The predicted octanol–water partition coefficient (Wildman–Crippen LogP) is 3.21. The fourth-order valence-electron chi connectivity index (χ4n) is 1.36. The van der Waals surface area contributed by atoms with Gasteiger partial charge in [-0.1, -0.05) is 11.6 Å².